The van der Waals surface area contributed by atoms with Crippen LogP contribution in [0.15, 0.2) is 72.8 Å². The summed E-state index contributed by atoms with van der Waals surface area (Å²) in [5.41, 5.74) is 3.05. The Morgan fingerprint density at radius 1 is 0.939 bits per heavy atom. The smallest absolute Gasteiger partial charge is 0.229 e. The number of aromatic hydroxyl groups is 1. The molecule has 2 atom stereocenters. The van der Waals surface area contributed by atoms with Gasteiger partial charge < -0.3 is 20.3 Å². The van der Waals surface area contributed by atoms with Crippen molar-refractivity contribution in [1.82, 2.24) is 5.32 Å². The summed E-state index contributed by atoms with van der Waals surface area (Å²) in [4.78, 5) is 0. The highest BCUT2D eigenvalue weighted by molar-refractivity contribution is 7.92. The van der Waals surface area contributed by atoms with Gasteiger partial charge in [0.25, 0.3) is 0 Å². The molecule has 4 N–H and O–H groups in total. The Labute approximate surface area is 195 Å². The number of ether oxygens (including phenoxy) is 1. The number of anilines is 1. The first-order valence-corrected chi connectivity index (χ1v) is 12.5. The van der Waals surface area contributed by atoms with E-state index in [9.17, 15) is 18.6 Å². The summed E-state index contributed by atoms with van der Waals surface area (Å²) in [5.74, 6) is 0.613. The van der Waals surface area contributed by atoms with Crippen LogP contribution in [0.5, 0.6) is 11.5 Å². The van der Waals surface area contributed by atoms with Gasteiger partial charge in [-0.2, -0.15) is 0 Å². The third-order valence-corrected chi connectivity index (χ3v) is 5.82. The summed E-state index contributed by atoms with van der Waals surface area (Å²) in [6.07, 6.45) is 1.36. The summed E-state index contributed by atoms with van der Waals surface area (Å²) >= 11 is 0. The molecule has 0 spiro atoms. The zero-order chi connectivity index (χ0) is 23.8. The van der Waals surface area contributed by atoms with E-state index < -0.39 is 16.1 Å². The average molecular weight is 471 g/mol. The molecule has 0 aromatic heterocycles. The van der Waals surface area contributed by atoms with Gasteiger partial charge in [-0.1, -0.05) is 48.5 Å². The van der Waals surface area contributed by atoms with E-state index in [1.165, 1.54) is 17.7 Å². The Balaban J connectivity index is 1.68. The molecule has 3 aromatic rings. The van der Waals surface area contributed by atoms with Crippen molar-refractivity contribution < 1.29 is 23.4 Å². The Bertz CT molecular complexity index is 1140. The lowest BCUT2D eigenvalue weighted by Crippen LogP contribution is -2.32. The lowest BCUT2D eigenvalue weighted by Gasteiger charge is -2.22. The molecule has 0 amide bonds. The SMILES string of the molecule is COc1ccc([C@@H](Cc2ccccc2)NC[C@@H](O)Cc2ccc(O)c(NS(C)(=O)=O)c2)cc1. The van der Waals surface area contributed by atoms with Crippen molar-refractivity contribution >= 4 is 15.7 Å². The average Bonchev–Trinajstić information content (AvgIpc) is 2.79. The number of phenolic OH excluding ortho intramolecular Hbond substituents is 1. The first-order valence-electron chi connectivity index (χ1n) is 10.6. The second-order valence-electron chi connectivity index (χ2n) is 8.01. The number of hydrogen-bond donors (Lipinski definition) is 4. The Morgan fingerprint density at radius 2 is 1.64 bits per heavy atom. The third kappa shape index (κ3) is 7.78. The number of phenols is 1. The van der Waals surface area contributed by atoms with Crippen LogP contribution >= 0.6 is 0 Å². The molecule has 0 aliphatic carbocycles. The molecule has 0 aliphatic rings. The molecule has 0 aliphatic heterocycles. The van der Waals surface area contributed by atoms with Gasteiger partial charge in [-0.25, -0.2) is 8.42 Å². The highest BCUT2D eigenvalue weighted by atomic mass is 32.2. The predicted octanol–water partition coefficient (Wildman–Crippen LogP) is 3.25. The minimum absolute atomic E-state index is 0.0183. The molecule has 0 unspecified atom stereocenters. The van der Waals surface area contributed by atoms with Gasteiger partial charge in [0, 0.05) is 12.6 Å². The molecule has 7 nitrogen and oxygen atoms in total. The minimum atomic E-state index is -3.53. The number of sulfonamides is 1. The van der Waals surface area contributed by atoms with Gasteiger partial charge in [-0.05, 0) is 53.8 Å². The van der Waals surface area contributed by atoms with Crippen LogP contribution in [-0.4, -0.2) is 44.6 Å². The standard InChI is InChI=1S/C25H30N2O5S/c1-32-22-11-9-20(10-12-22)23(15-18-6-4-3-5-7-18)26-17-21(28)14-19-8-13-25(29)24(16-19)27-33(2,30)31/h3-13,16,21,23,26-29H,14-15,17H2,1-2H3/t21-,23+/m0/s1. The van der Waals surface area contributed by atoms with Crippen LogP contribution in [0.2, 0.25) is 0 Å². The van der Waals surface area contributed by atoms with Crippen LogP contribution in [0, 0.1) is 0 Å². The van der Waals surface area contributed by atoms with Crippen LogP contribution < -0.4 is 14.8 Å². The van der Waals surface area contributed by atoms with Gasteiger partial charge in [0.2, 0.25) is 10.0 Å². The van der Waals surface area contributed by atoms with Crippen LogP contribution in [0.3, 0.4) is 0 Å². The summed E-state index contributed by atoms with van der Waals surface area (Å²) in [6.45, 7) is 0.333. The van der Waals surface area contributed by atoms with Crippen molar-refractivity contribution in [2.75, 3.05) is 24.6 Å². The number of aliphatic hydroxyl groups excluding tert-OH is 1. The zero-order valence-electron chi connectivity index (χ0n) is 18.7. The largest absolute Gasteiger partial charge is 0.506 e. The van der Waals surface area contributed by atoms with Crippen molar-refractivity contribution in [2.24, 2.45) is 0 Å². The number of hydrogen-bond acceptors (Lipinski definition) is 6. The minimum Gasteiger partial charge on any atom is -0.506 e. The fourth-order valence-electron chi connectivity index (χ4n) is 3.61. The lowest BCUT2D eigenvalue weighted by atomic mass is 9.98. The fourth-order valence-corrected chi connectivity index (χ4v) is 4.17. The Morgan fingerprint density at radius 3 is 2.27 bits per heavy atom. The lowest BCUT2D eigenvalue weighted by molar-refractivity contribution is 0.167. The van der Waals surface area contributed by atoms with Gasteiger partial charge in [0.1, 0.15) is 11.5 Å². The molecule has 33 heavy (non-hydrogen) atoms. The summed E-state index contributed by atoms with van der Waals surface area (Å²) in [6, 6.07) is 22.6. The molecule has 0 radical (unpaired) electrons. The summed E-state index contributed by atoms with van der Waals surface area (Å²) < 4.78 is 30.5. The topological polar surface area (TPSA) is 108 Å². The van der Waals surface area contributed by atoms with Crippen molar-refractivity contribution in [3.8, 4) is 11.5 Å². The summed E-state index contributed by atoms with van der Waals surface area (Å²) in [5, 5.41) is 24.0. The van der Waals surface area contributed by atoms with Gasteiger partial charge in [-0.15, -0.1) is 0 Å². The van der Waals surface area contributed by atoms with E-state index in [0.29, 0.717) is 18.5 Å². The maximum atomic E-state index is 11.5. The van der Waals surface area contributed by atoms with Crippen molar-refractivity contribution in [3.05, 3.63) is 89.5 Å². The summed E-state index contributed by atoms with van der Waals surface area (Å²) in [7, 11) is -1.90. The number of aliphatic hydroxyl groups is 1. The Kier molecular flexibility index (Phi) is 8.32. The molecule has 3 aromatic carbocycles. The first kappa shape index (κ1) is 24.6. The van der Waals surface area contributed by atoms with Crippen molar-refractivity contribution in [3.63, 3.8) is 0 Å². The predicted molar refractivity (Wildman–Crippen MR) is 130 cm³/mol. The fraction of sp³-hybridized carbons (Fsp3) is 0.280. The van der Waals surface area contributed by atoms with E-state index in [2.05, 4.69) is 22.2 Å². The van der Waals surface area contributed by atoms with Crippen LogP contribution in [0.1, 0.15) is 22.7 Å². The van der Waals surface area contributed by atoms with E-state index in [4.69, 9.17) is 4.74 Å². The second-order valence-corrected chi connectivity index (χ2v) is 9.76. The van der Waals surface area contributed by atoms with Crippen LogP contribution in [0.25, 0.3) is 0 Å². The quantitative estimate of drug-likeness (QED) is 0.321. The zero-order valence-corrected chi connectivity index (χ0v) is 19.5. The molecular weight excluding hydrogens is 440 g/mol. The van der Waals surface area contributed by atoms with E-state index in [0.717, 1.165) is 24.0 Å². The number of benzene rings is 3. The maximum Gasteiger partial charge on any atom is 0.229 e. The Hall–Kier alpha value is -3.07. The van der Waals surface area contributed by atoms with Gasteiger partial charge in [0.05, 0.1) is 25.2 Å². The van der Waals surface area contributed by atoms with Gasteiger partial charge >= 0.3 is 0 Å². The van der Waals surface area contributed by atoms with E-state index in [-0.39, 0.29) is 17.5 Å². The van der Waals surface area contributed by atoms with Gasteiger partial charge in [-0.3, -0.25) is 4.72 Å². The first-order chi connectivity index (χ1) is 15.7. The number of nitrogens with one attached hydrogen (secondary N) is 2. The molecule has 0 fully saturated rings. The van der Waals surface area contributed by atoms with E-state index >= 15 is 0 Å². The molecule has 8 heteroatoms. The van der Waals surface area contributed by atoms with Crippen molar-refractivity contribution in [1.29, 1.82) is 0 Å². The van der Waals surface area contributed by atoms with E-state index in [1.54, 1.807) is 13.2 Å². The van der Waals surface area contributed by atoms with E-state index in [1.807, 2.05) is 42.5 Å². The number of rotatable bonds is 11. The molecule has 3 rings (SSSR count). The number of methoxy groups -OCH3 is 1. The molecular formula is C25H30N2O5S. The molecule has 0 saturated carbocycles. The van der Waals surface area contributed by atoms with Crippen LogP contribution in [0.4, 0.5) is 5.69 Å². The van der Waals surface area contributed by atoms with Crippen LogP contribution in [-0.2, 0) is 22.9 Å². The monoisotopic (exact) mass is 470 g/mol. The molecule has 0 bridgehead atoms. The second kappa shape index (κ2) is 11.2. The van der Waals surface area contributed by atoms with Gasteiger partial charge in [0.15, 0.2) is 0 Å². The highest BCUT2D eigenvalue weighted by Crippen LogP contribution is 2.26. The highest BCUT2D eigenvalue weighted by Gasteiger charge is 2.16. The third-order valence-electron chi connectivity index (χ3n) is 5.23. The molecule has 0 saturated heterocycles. The maximum absolute atomic E-state index is 11.5. The molecule has 0 heterocycles. The molecule has 176 valence electrons. The normalized spacial score (nSPS) is 13.3. The van der Waals surface area contributed by atoms with Crippen molar-refractivity contribution in [2.45, 2.75) is 25.0 Å².